The molecule has 3 aromatic rings. The van der Waals surface area contributed by atoms with Gasteiger partial charge in [0.2, 0.25) is 5.95 Å². The van der Waals surface area contributed by atoms with Crippen LogP contribution in [0.2, 0.25) is 0 Å². The number of nitrogens with one attached hydrogen (secondary N) is 1. The van der Waals surface area contributed by atoms with Gasteiger partial charge in [-0.3, -0.25) is 14.8 Å². The fourth-order valence-corrected chi connectivity index (χ4v) is 2.38. The Hall–Kier alpha value is -2.96. The third-order valence-corrected chi connectivity index (χ3v) is 3.74. The molecular formula is C17H20N6O. The molecule has 2 heterocycles. The number of nitrogens with zero attached hydrogens (tertiary/aromatic N) is 5. The molecule has 0 spiro atoms. The van der Waals surface area contributed by atoms with Crippen LogP contribution in [-0.2, 0) is 13.1 Å². The maximum Gasteiger partial charge on any atom is 0.261 e. The molecular weight excluding hydrogens is 304 g/mol. The number of hydrogen-bond donors (Lipinski definition) is 1. The Morgan fingerprint density at radius 1 is 1.12 bits per heavy atom. The molecule has 124 valence electrons. The molecule has 7 heteroatoms. The Labute approximate surface area is 140 Å². The average Bonchev–Trinajstić information content (AvgIpc) is 3.16. The van der Waals surface area contributed by atoms with Crippen LogP contribution in [0.3, 0.4) is 0 Å². The van der Waals surface area contributed by atoms with Gasteiger partial charge in [0.1, 0.15) is 6.33 Å². The molecule has 0 saturated carbocycles. The predicted molar refractivity (Wildman–Crippen MR) is 90.9 cm³/mol. The Morgan fingerprint density at radius 2 is 1.88 bits per heavy atom. The van der Waals surface area contributed by atoms with E-state index in [4.69, 9.17) is 0 Å². The Morgan fingerprint density at radius 3 is 2.54 bits per heavy atom. The summed E-state index contributed by atoms with van der Waals surface area (Å²) >= 11 is 0. The molecule has 1 aromatic carbocycles. The van der Waals surface area contributed by atoms with Crippen LogP contribution in [0.5, 0.6) is 0 Å². The van der Waals surface area contributed by atoms with Crippen molar-refractivity contribution in [2.45, 2.75) is 33.9 Å². The van der Waals surface area contributed by atoms with Gasteiger partial charge in [-0.25, -0.2) is 9.67 Å². The number of carbonyl (C=O) groups excluding carboxylic acids is 1. The molecule has 0 fully saturated rings. The van der Waals surface area contributed by atoms with Crippen LogP contribution in [0.25, 0.3) is 0 Å². The highest BCUT2D eigenvalue weighted by atomic mass is 16.1. The van der Waals surface area contributed by atoms with Crippen molar-refractivity contribution < 1.29 is 4.79 Å². The summed E-state index contributed by atoms with van der Waals surface area (Å²) < 4.78 is 3.43. The summed E-state index contributed by atoms with van der Waals surface area (Å²) in [4.78, 5) is 16.5. The first-order valence-corrected chi connectivity index (χ1v) is 7.85. The second-order valence-electron chi connectivity index (χ2n) is 5.69. The summed E-state index contributed by atoms with van der Waals surface area (Å²) in [5.41, 5.74) is 3.57. The van der Waals surface area contributed by atoms with Crippen LogP contribution in [0, 0.1) is 13.8 Å². The van der Waals surface area contributed by atoms with Crippen LogP contribution in [0.1, 0.15) is 34.1 Å². The van der Waals surface area contributed by atoms with E-state index >= 15 is 0 Å². The smallest absolute Gasteiger partial charge is 0.261 e. The van der Waals surface area contributed by atoms with E-state index in [1.807, 2.05) is 13.8 Å². The van der Waals surface area contributed by atoms with Crippen molar-refractivity contribution in [3.05, 3.63) is 59.2 Å². The number of aryl methyl sites for hydroxylation is 3. The number of hydrogen-bond acceptors (Lipinski definition) is 4. The predicted octanol–water partition coefficient (Wildman–Crippen LogP) is 2.41. The van der Waals surface area contributed by atoms with Crippen molar-refractivity contribution >= 4 is 11.9 Å². The molecule has 7 nitrogen and oxygen atoms in total. The summed E-state index contributed by atoms with van der Waals surface area (Å²) in [6.07, 6.45) is 3.34. The SMILES string of the molecule is CCn1cc(C(=O)Nc2ncn(Cc3ccc(C)cc3)n2)c(C)n1. The largest absolute Gasteiger partial charge is 0.289 e. The summed E-state index contributed by atoms with van der Waals surface area (Å²) in [7, 11) is 0. The molecule has 0 aliphatic rings. The maximum absolute atomic E-state index is 12.3. The van der Waals surface area contributed by atoms with Gasteiger partial charge < -0.3 is 0 Å². The molecule has 1 N–H and O–H groups in total. The Kier molecular flexibility index (Phi) is 4.41. The fraction of sp³-hybridized carbons (Fsp3) is 0.294. The quantitative estimate of drug-likeness (QED) is 0.782. The van der Waals surface area contributed by atoms with Crippen molar-refractivity contribution in [1.29, 1.82) is 0 Å². The first-order chi connectivity index (χ1) is 11.5. The van der Waals surface area contributed by atoms with Crippen molar-refractivity contribution in [3.8, 4) is 0 Å². The van der Waals surface area contributed by atoms with E-state index in [1.165, 1.54) is 5.56 Å². The van der Waals surface area contributed by atoms with E-state index in [2.05, 4.69) is 51.7 Å². The van der Waals surface area contributed by atoms with Crippen molar-refractivity contribution in [3.63, 3.8) is 0 Å². The average molecular weight is 324 g/mol. The van der Waals surface area contributed by atoms with Gasteiger partial charge in [0.15, 0.2) is 0 Å². The molecule has 1 amide bonds. The molecule has 2 aromatic heterocycles. The van der Waals surface area contributed by atoms with E-state index in [1.54, 1.807) is 21.9 Å². The number of aromatic nitrogens is 5. The van der Waals surface area contributed by atoms with E-state index in [0.29, 0.717) is 17.8 Å². The minimum absolute atomic E-state index is 0.250. The third kappa shape index (κ3) is 3.51. The molecule has 0 saturated heterocycles. The lowest BCUT2D eigenvalue weighted by Crippen LogP contribution is -2.14. The Bertz CT molecular complexity index is 846. The lowest BCUT2D eigenvalue weighted by atomic mass is 10.1. The fourth-order valence-electron chi connectivity index (χ4n) is 2.38. The highest BCUT2D eigenvalue weighted by Crippen LogP contribution is 2.09. The zero-order valence-electron chi connectivity index (χ0n) is 14.0. The summed E-state index contributed by atoms with van der Waals surface area (Å²) in [6, 6.07) is 8.22. The monoisotopic (exact) mass is 324 g/mol. The zero-order chi connectivity index (χ0) is 17.1. The normalized spacial score (nSPS) is 10.8. The first-order valence-electron chi connectivity index (χ1n) is 7.85. The molecule has 0 atom stereocenters. The van der Waals surface area contributed by atoms with E-state index in [-0.39, 0.29) is 11.9 Å². The second kappa shape index (κ2) is 6.66. The maximum atomic E-state index is 12.3. The number of rotatable bonds is 5. The summed E-state index contributed by atoms with van der Waals surface area (Å²) in [5, 5.41) is 11.3. The third-order valence-electron chi connectivity index (χ3n) is 3.74. The first kappa shape index (κ1) is 15.9. The summed E-state index contributed by atoms with van der Waals surface area (Å²) in [5.74, 6) is 0.0380. The van der Waals surface area contributed by atoms with Gasteiger partial charge in [-0.15, -0.1) is 5.10 Å². The number of anilines is 1. The van der Waals surface area contributed by atoms with Crippen molar-refractivity contribution in [1.82, 2.24) is 24.5 Å². The number of carbonyl (C=O) groups is 1. The minimum atomic E-state index is -0.250. The second-order valence-corrected chi connectivity index (χ2v) is 5.69. The van der Waals surface area contributed by atoms with Gasteiger partial charge in [-0.1, -0.05) is 29.8 Å². The highest BCUT2D eigenvalue weighted by molar-refractivity contribution is 6.03. The highest BCUT2D eigenvalue weighted by Gasteiger charge is 2.15. The number of amides is 1. The number of benzene rings is 1. The van der Waals surface area contributed by atoms with Gasteiger partial charge in [-0.05, 0) is 26.3 Å². The van der Waals surface area contributed by atoms with Gasteiger partial charge in [0, 0.05) is 12.7 Å². The zero-order valence-corrected chi connectivity index (χ0v) is 14.0. The van der Waals surface area contributed by atoms with Crippen molar-refractivity contribution in [2.75, 3.05) is 5.32 Å². The molecule has 0 aliphatic carbocycles. The van der Waals surface area contributed by atoms with Crippen LogP contribution < -0.4 is 5.32 Å². The lowest BCUT2D eigenvalue weighted by Gasteiger charge is -2.02. The van der Waals surface area contributed by atoms with Gasteiger partial charge in [0.25, 0.3) is 5.91 Å². The Balaban J connectivity index is 1.68. The lowest BCUT2D eigenvalue weighted by molar-refractivity contribution is 0.102. The molecule has 3 rings (SSSR count). The molecule has 0 unspecified atom stereocenters. The molecule has 0 bridgehead atoms. The van der Waals surface area contributed by atoms with E-state index in [0.717, 1.165) is 12.1 Å². The van der Waals surface area contributed by atoms with E-state index in [9.17, 15) is 4.79 Å². The minimum Gasteiger partial charge on any atom is -0.289 e. The van der Waals surface area contributed by atoms with Crippen LogP contribution in [0.15, 0.2) is 36.8 Å². The molecule has 0 radical (unpaired) electrons. The molecule has 24 heavy (non-hydrogen) atoms. The van der Waals surface area contributed by atoms with Gasteiger partial charge >= 0.3 is 0 Å². The topological polar surface area (TPSA) is 77.6 Å². The summed E-state index contributed by atoms with van der Waals surface area (Å²) in [6.45, 7) is 7.16. The standard InChI is InChI=1S/C17H20N6O/c1-4-22-10-15(13(3)20-22)16(24)19-17-18-11-23(21-17)9-14-7-5-12(2)6-8-14/h5-8,10-11H,4,9H2,1-3H3,(H,19,21,24). The molecule has 0 aliphatic heterocycles. The van der Waals surface area contributed by atoms with E-state index < -0.39 is 0 Å². The van der Waals surface area contributed by atoms with Gasteiger partial charge in [0.05, 0.1) is 17.8 Å². The van der Waals surface area contributed by atoms with Gasteiger partial charge in [-0.2, -0.15) is 5.10 Å². The van der Waals surface area contributed by atoms with Crippen LogP contribution >= 0.6 is 0 Å². The van der Waals surface area contributed by atoms with Crippen LogP contribution in [-0.4, -0.2) is 30.5 Å². The van der Waals surface area contributed by atoms with Crippen molar-refractivity contribution in [2.24, 2.45) is 0 Å². The van der Waals surface area contributed by atoms with Crippen LogP contribution in [0.4, 0.5) is 5.95 Å².